The molecule has 0 unspecified atom stereocenters. The lowest BCUT2D eigenvalue weighted by atomic mass is 10.1. The van der Waals surface area contributed by atoms with Crippen molar-refractivity contribution in [3.8, 4) is 0 Å². The molecule has 0 radical (unpaired) electrons. The molecule has 6 nitrogen and oxygen atoms in total. The summed E-state index contributed by atoms with van der Waals surface area (Å²) in [6, 6.07) is 20.0. The van der Waals surface area contributed by atoms with Gasteiger partial charge in [0.15, 0.2) is 0 Å². The fraction of sp³-hybridized carbons (Fsp3) is 0.296. The number of nitrogens with one attached hydrogen (secondary N) is 2. The summed E-state index contributed by atoms with van der Waals surface area (Å²) in [6.07, 6.45) is 2.55. The normalized spacial score (nSPS) is 14.2. The van der Waals surface area contributed by atoms with Crippen molar-refractivity contribution in [3.05, 3.63) is 94.5 Å². The summed E-state index contributed by atoms with van der Waals surface area (Å²) in [5, 5.41) is 2.93. The Balaban J connectivity index is 1.39. The second kappa shape index (κ2) is 10.4. The number of hydrogen-bond donors (Lipinski definition) is 2. The second-order valence-corrected chi connectivity index (χ2v) is 10.6. The van der Waals surface area contributed by atoms with Crippen molar-refractivity contribution in [2.75, 3.05) is 17.8 Å². The van der Waals surface area contributed by atoms with Crippen molar-refractivity contribution >= 4 is 21.6 Å². The van der Waals surface area contributed by atoms with Crippen LogP contribution in [-0.2, 0) is 23.1 Å². The molecule has 0 aliphatic carbocycles. The van der Waals surface area contributed by atoms with Crippen LogP contribution in [0, 0.1) is 13.8 Å². The summed E-state index contributed by atoms with van der Waals surface area (Å²) in [5.74, 6) is -0.253. The molecule has 2 N–H and O–H groups in total. The Kier molecular flexibility index (Phi) is 7.34. The molecule has 34 heavy (non-hydrogen) atoms. The summed E-state index contributed by atoms with van der Waals surface area (Å²) < 4.78 is 28.2. The third-order valence-electron chi connectivity index (χ3n) is 6.16. The molecule has 1 saturated heterocycles. The topological polar surface area (TPSA) is 78.5 Å². The molecule has 0 aromatic heterocycles. The van der Waals surface area contributed by atoms with Crippen molar-refractivity contribution in [1.82, 2.24) is 10.2 Å². The van der Waals surface area contributed by atoms with E-state index in [9.17, 15) is 13.2 Å². The van der Waals surface area contributed by atoms with Gasteiger partial charge in [-0.2, -0.15) is 0 Å². The van der Waals surface area contributed by atoms with E-state index in [1.807, 2.05) is 19.1 Å². The average molecular weight is 478 g/mol. The summed E-state index contributed by atoms with van der Waals surface area (Å²) in [5.41, 5.74) is 4.81. The van der Waals surface area contributed by atoms with Crippen LogP contribution in [0.2, 0.25) is 0 Å². The van der Waals surface area contributed by atoms with E-state index in [4.69, 9.17) is 0 Å². The number of anilines is 1. The Bertz CT molecular complexity index is 1250. The lowest BCUT2D eigenvalue weighted by Crippen LogP contribution is -2.23. The molecule has 3 aromatic rings. The maximum absolute atomic E-state index is 12.8. The Morgan fingerprint density at radius 3 is 2.21 bits per heavy atom. The fourth-order valence-corrected chi connectivity index (χ4v) is 5.16. The highest BCUT2D eigenvalue weighted by Crippen LogP contribution is 2.22. The lowest BCUT2D eigenvalue weighted by molar-refractivity contribution is 0.0951. The van der Waals surface area contributed by atoms with Gasteiger partial charge in [0, 0.05) is 18.7 Å². The molecule has 1 aliphatic heterocycles. The average Bonchev–Trinajstić information content (AvgIpc) is 3.33. The molecule has 0 saturated carbocycles. The van der Waals surface area contributed by atoms with Gasteiger partial charge < -0.3 is 5.32 Å². The SMILES string of the molecule is Cc1ccc(S(=O)(=O)Nc2cc(C(=O)NCc3ccc(CN4CCCC4)cc3)ccc2C)cc1. The third-order valence-corrected chi connectivity index (χ3v) is 7.54. The first kappa shape index (κ1) is 24.0. The second-order valence-electron chi connectivity index (χ2n) is 8.93. The van der Waals surface area contributed by atoms with E-state index in [1.54, 1.807) is 49.4 Å². The summed E-state index contributed by atoms with van der Waals surface area (Å²) in [4.78, 5) is 15.4. The number of benzene rings is 3. The number of carbonyl (C=O) groups is 1. The zero-order valence-corrected chi connectivity index (χ0v) is 20.5. The van der Waals surface area contributed by atoms with Crippen LogP contribution in [0.1, 0.15) is 45.5 Å². The van der Waals surface area contributed by atoms with Gasteiger partial charge in [-0.25, -0.2) is 8.42 Å². The van der Waals surface area contributed by atoms with Gasteiger partial charge in [-0.15, -0.1) is 0 Å². The molecule has 7 heteroatoms. The number of likely N-dealkylation sites (tertiary alicyclic amines) is 1. The summed E-state index contributed by atoms with van der Waals surface area (Å²) in [6.45, 7) is 7.41. The van der Waals surface area contributed by atoms with Gasteiger partial charge in [0.2, 0.25) is 0 Å². The molecular formula is C27H31N3O3S. The predicted octanol–water partition coefficient (Wildman–Crippen LogP) is 4.63. The van der Waals surface area contributed by atoms with Crippen LogP contribution < -0.4 is 10.0 Å². The Labute approximate surface area is 202 Å². The van der Waals surface area contributed by atoms with Gasteiger partial charge in [-0.05, 0) is 80.7 Å². The van der Waals surface area contributed by atoms with Crippen molar-refractivity contribution < 1.29 is 13.2 Å². The van der Waals surface area contributed by atoms with Crippen molar-refractivity contribution in [1.29, 1.82) is 0 Å². The number of sulfonamides is 1. The predicted molar refractivity (Wildman–Crippen MR) is 135 cm³/mol. The number of hydrogen-bond acceptors (Lipinski definition) is 4. The number of rotatable bonds is 8. The van der Waals surface area contributed by atoms with Gasteiger partial charge in [-0.3, -0.25) is 14.4 Å². The quantitative estimate of drug-likeness (QED) is 0.496. The van der Waals surface area contributed by atoms with Gasteiger partial charge in [0.25, 0.3) is 15.9 Å². The van der Waals surface area contributed by atoms with Crippen LogP contribution in [0.25, 0.3) is 0 Å². The van der Waals surface area contributed by atoms with Gasteiger partial charge in [0.05, 0.1) is 10.6 Å². The standard InChI is InChI=1S/C27H31N3O3S/c1-20-5-13-25(14-6-20)34(32,33)29-26-17-24(12-7-21(26)2)27(31)28-18-22-8-10-23(11-9-22)19-30-15-3-4-16-30/h5-14,17,29H,3-4,15-16,18-19H2,1-2H3,(H,28,31). The van der Waals surface area contributed by atoms with E-state index in [0.29, 0.717) is 17.8 Å². The molecule has 3 aromatic carbocycles. The number of amides is 1. The minimum atomic E-state index is -3.75. The number of nitrogens with zero attached hydrogens (tertiary/aromatic N) is 1. The van der Waals surface area contributed by atoms with Gasteiger partial charge >= 0.3 is 0 Å². The van der Waals surface area contributed by atoms with Gasteiger partial charge in [-0.1, -0.05) is 48.0 Å². The summed E-state index contributed by atoms with van der Waals surface area (Å²) in [7, 11) is -3.75. The van der Waals surface area contributed by atoms with Crippen LogP contribution in [0.15, 0.2) is 71.6 Å². The third kappa shape index (κ3) is 6.04. The molecule has 178 valence electrons. The maximum Gasteiger partial charge on any atom is 0.261 e. The van der Waals surface area contributed by atoms with E-state index in [-0.39, 0.29) is 10.8 Å². The van der Waals surface area contributed by atoms with Crippen LogP contribution in [-0.4, -0.2) is 32.3 Å². The van der Waals surface area contributed by atoms with Crippen molar-refractivity contribution in [2.24, 2.45) is 0 Å². The minimum Gasteiger partial charge on any atom is -0.348 e. The molecule has 1 amide bonds. The first-order valence-electron chi connectivity index (χ1n) is 11.6. The van der Waals surface area contributed by atoms with Crippen LogP contribution in [0.5, 0.6) is 0 Å². The molecule has 1 fully saturated rings. The number of aryl methyl sites for hydroxylation is 2. The first-order valence-corrected chi connectivity index (χ1v) is 13.1. The van der Waals surface area contributed by atoms with Gasteiger partial charge in [0.1, 0.15) is 0 Å². The highest BCUT2D eigenvalue weighted by molar-refractivity contribution is 7.92. The molecular weight excluding hydrogens is 446 g/mol. The Morgan fingerprint density at radius 2 is 1.53 bits per heavy atom. The molecule has 0 atom stereocenters. The van der Waals surface area contributed by atoms with E-state index in [1.165, 1.54) is 18.4 Å². The molecule has 1 heterocycles. The smallest absolute Gasteiger partial charge is 0.261 e. The fourth-order valence-electron chi connectivity index (χ4n) is 4.04. The van der Waals surface area contributed by atoms with Crippen LogP contribution >= 0.6 is 0 Å². The minimum absolute atomic E-state index is 0.181. The van der Waals surface area contributed by atoms with Crippen molar-refractivity contribution in [3.63, 3.8) is 0 Å². The Morgan fingerprint density at radius 1 is 0.882 bits per heavy atom. The highest BCUT2D eigenvalue weighted by atomic mass is 32.2. The zero-order chi connectivity index (χ0) is 24.1. The van der Waals surface area contributed by atoms with E-state index >= 15 is 0 Å². The molecule has 4 rings (SSSR count). The molecule has 1 aliphatic rings. The first-order chi connectivity index (χ1) is 16.3. The molecule has 0 bridgehead atoms. The van der Waals surface area contributed by atoms with E-state index in [2.05, 4.69) is 27.1 Å². The van der Waals surface area contributed by atoms with Crippen LogP contribution in [0.4, 0.5) is 5.69 Å². The maximum atomic E-state index is 12.8. The van der Waals surface area contributed by atoms with E-state index < -0.39 is 10.0 Å². The highest BCUT2D eigenvalue weighted by Gasteiger charge is 2.17. The summed E-state index contributed by atoms with van der Waals surface area (Å²) >= 11 is 0. The zero-order valence-electron chi connectivity index (χ0n) is 19.7. The number of carbonyl (C=O) groups excluding carboxylic acids is 1. The Hall–Kier alpha value is -3.16. The van der Waals surface area contributed by atoms with E-state index in [0.717, 1.165) is 36.3 Å². The lowest BCUT2D eigenvalue weighted by Gasteiger charge is -2.15. The largest absolute Gasteiger partial charge is 0.348 e. The monoisotopic (exact) mass is 477 g/mol. The van der Waals surface area contributed by atoms with Crippen LogP contribution in [0.3, 0.4) is 0 Å². The van der Waals surface area contributed by atoms with Crippen molar-refractivity contribution in [2.45, 2.75) is 44.7 Å². The molecule has 0 spiro atoms.